The van der Waals surface area contributed by atoms with Gasteiger partial charge in [0, 0.05) is 5.56 Å². The number of rotatable bonds is 1. The molecular formula is C12H7BrN2O. The minimum atomic E-state index is 0.598. The van der Waals surface area contributed by atoms with Crippen LogP contribution in [-0.4, -0.2) is 9.97 Å². The summed E-state index contributed by atoms with van der Waals surface area (Å²) in [5.41, 5.74) is 1.63. The van der Waals surface area contributed by atoms with Crippen molar-refractivity contribution < 1.29 is 4.42 Å². The first-order valence-corrected chi connectivity index (χ1v) is 5.59. The normalized spacial score (nSPS) is 10.8. The molecule has 4 heteroatoms. The summed E-state index contributed by atoms with van der Waals surface area (Å²) in [5.74, 6) is 0.803. The van der Waals surface area contributed by atoms with E-state index in [0.717, 1.165) is 21.3 Å². The fourth-order valence-corrected chi connectivity index (χ4v) is 1.95. The first-order valence-electron chi connectivity index (χ1n) is 4.80. The van der Waals surface area contributed by atoms with Gasteiger partial charge in [-0.2, -0.15) is 0 Å². The van der Waals surface area contributed by atoms with E-state index in [9.17, 15) is 0 Å². The molecule has 0 unspecified atom stereocenters. The molecule has 3 rings (SSSR count). The van der Waals surface area contributed by atoms with E-state index in [4.69, 9.17) is 4.42 Å². The second-order valence-electron chi connectivity index (χ2n) is 3.36. The topological polar surface area (TPSA) is 38.9 Å². The zero-order chi connectivity index (χ0) is 11.0. The van der Waals surface area contributed by atoms with Crippen LogP contribution in [0.3, 0.4) is 0 Å². The number of hydrogen-bond acceptors (Lipinski definition) is 3. The SMILES string of the molecule is Brc1ncnc2oc(-c3ccccc3)cc12. The molecule has 0 fully saturated rings. The van der Waals surface area contributed by atoms with Crippen LogP contribution in [0, 0.1) is 0 Å². The summed E-state index contributed by atoms with van der Waals surface area (Å²) in [6, 6.07) is 11.9. The van der Waals surface area contributed by atoms with Crippen molar-refractivity contribution in [3.63, 3.8) is 0 Å². The van der Waals surface area contributed by atoms with Crippen molar-refractivity contribution in [2.75, 3.05) is 0 Å². The van der Waals surface area contributed by atoms with E-state index in [0.29, 0.717) is 5.71 Å². The third-order valence-electron chi connectivity index (χ3n) is 2.34. The molecule has 3 nitrogen and oxygen atoms in total. The summed E-state index contributed by atoms with van der Waals surface area (Å²) in [6.07, 6.45) is 1.48. The molecule has 0 atom stereocenters. The van der Waals surface area contributed by atoms with Crippen molar-refractivity contribution in [2.45, 2.75) is 0 Å². The van der Waals surface area contributed by atoms with Crippen molar-refractivity contribution >= 4 is 27.0 Å². The number of hydrogen-bond donors (Lipinski definition) is 0. The molecule has 0 aliphatic rings. The Balaban J connectivity index is 2.23. The number of nitrogens with zero attached hydrogens (tertiary/aromatic N) is 2. The summed E-state index contributed by atoms with van der Waals surface area (Å²) in [6.45, 7) is 0. The zero-order valence-electron chi connectivity index (χ0n) is 8.22. The Morgan fingerprint density at radius 1 is 1.06 bits per heavy atom. The molecule has 0 spiro atoms. The van der Waals surface area contributed by atoms with E-state index in [1.54, 1.807) is 0 Å². The summed E-state index contributed by atoms with van der Waals surface area (Å²) in [5, 5.41) is 0.890. The molecule has 2 heterocycles. The van der Waals surface area contributed by atoms with Crippen molar-refractivity contribution in [2.24, 2.45) is 0 Å². The Morgan fingerprint density at radius 2 is 1.88 bits per heavy atom. The highest BCUT2D eigenvalue weighted by Gasteiger charge is 2.09. The van der Waals surface area contributed by atoms with Crippen LogP contribution in [0.2, 0.25) is 0 Å². The lowest BCUT2D eigenvalue weighted by Gasteiger charge is -1.92. The van der Waals surface area contributed by atoms with Crippen LogP contribution >= 0.6 is 15.9 Å². The van der Waals surface area contributed by atoms with Gasteiger partial charge in [-0.25, -0.2) is 9.97 Å². The Bertz CT molecular complexity index is 634. The summed E-state index contributed by atoms with van der Waals surface area (Å²) < 4.78 is 6.41. The Labute approximate surface area is 100 Å². The van der Waals surface area contributed by atoms with Crippen LogP contribution in [-0.2, 0) is 0 Å². The largest absolute Gasteiger partial charge is 0.438 e. The maximum atomic E-state index is 5.65. The van der Waals surface area contributed by atoms with Gasteiger partial charge in [0.15, 0.2) is 0 Å². The molecule has 0 aliphatic heterocycles. The van der Waals surface area contributed by atoms with Crippen LogP contribution in [0.5, 0.6) is 0 Å². The molecule has 0 radical (unpaired) electrons. The van der Waals surface area contributed by atoms with Crippen molar-refractivity contribution in [1.82, 2.24) is 9.97 Å². The quantitative estimate of drug-likeness (QED) is 0.636. The van der Waals surface area contributed by atoms with E-state index in [1.165, 1.54) is 6.33 Å². The fraction of sp³-hybridized carbons (Fsp3) is 0. The lowest BCUT2D eigenvalue weighted by Crippen LogP contribution is -1.77. The Hall–Kier alpha value is -1.68. The van der Waals surface area contributed by atoms with Gasteiger partial charge < -0.3 is 4.42 Å². The van der Waals surface area contributed by atoms with Gasteiger partial charge in [-0.05, 0) is 22.0 Å². The highest BCUT2D eigenvalue weighted by atomic mass is 79.9. The lowest BCUT2D eigenvalue weighted by atomic mass is 10.2. The minimum Gasteiger partial charge on any atom is -0.438 e. The molecule has 0 saturated heterocycles. The van der Waals surface area contributed by atoms with Crippen LogP contribution in [0.15, 0.2) is 51.7 Å². The molecular weight excluding hydrogens is 268 g/mol. The standard InChI is InChI=1S/C12H7BrN2O/c13-11-9-6-10(8-4-2-1-3-5-8)16-12(9)15-7-14-11/h1-7H. The zero-order valence-corrected chi connectivity index (χ0v) is 9.81. The maximum Gasteiger partial charge on any atom is 0.230 e. The molecule has 1 aromatic carbocycles. The van der Waals surface area contributed by atoms with Gasteiger partial charge in [-0.15, -0.1) is 0 Å². The van der Waals surface area contributed by atoms with Crippen molar-refractivity contribution in [3.05, 3.63) is 47.3 Å². The van der Waals surface area contributed by atoms with Crippen LogP contribution in [0.1, 0.15) is 0 Å². The van der Waals surface area contributed by atoms with Crippen LogP contribution in [0.25, 0.3) is 22.4 Å². The van der Waals surface area contributed by atoms with Crippen LogP contribution < -0.4 is 0 Å². The molecule has 16 heavy (non-hydrogen) atoms. The average molecular weight is 275 g/mol. The molecule has 0 N–H and O–H groups in total. The molecule has 3 aromatic rings. The predicted octanol–water partition coefficient (Wildman–Crippen LogP) is 3.65. The second-order valence-corrected chi connectivity index (χ2v) is 4.11. The smallest absolute Gasteiger partial charge is 0.230 e. The molecule has 0 saturated carbocycles. The third-order valence-corrected chi connectivity index (χ3v) is 2.97. The predicted molar refractivity (Wildman–Crippen MR) is 64.9 cm³/mol. The second kappa shape index (κ2) is 3.72. The van der Waals surface area contributed by atoms with Gasteiger partial charge in [0.05, 0.1) is 5.39 Å². The fourth-order valence-electron chi connectivity index (χ4n) is 1.57. The van der Waals surface area contributed by atoms with Crippen LogP contribution in [0.4, 0.5) is 0 Å². The van der Waals surface area contributed by atoms with Gasteiger partial charge >= 0.3 is 0 Å². The number of fused-ring (bicyclic) bond motifs is 1. The van der Waals surface area contributed by atoms with E-state index in [-0.39, 0.29) is 0 Å². The van der Waals surface area contributed by atoms with E-state index >= 15 is 0 Å². The maximum absolute atomic E-state index is 5.65. The first-order chi connectivity index (χ1) is 7.84. The van der Waals surface area contributed by atoms with E-state index < -0.39 is 0 Å². The number of aromatic nitrogens is 2. The Morgan fingerprint density at radius 3 is 2.62 bits per heavy atom. The lowest BCUT2D eigenvalue weighted by molar-refractivity contribution is 0.617. The average Bonchev–Trinajstić information content (AvgIpc) is 2.76. The number of halogens is 1. The van der Waals surface area contributed by atoms with Gasteiger partial charge in [-0.3, -0.25) is 0 Å². The first kappa shape index (κ1) is 9.54. The highest BCUT2D eigenvalue weighted by Crippen LogP contribution is 2.29. The van der Waals surface area contributed by atoms with E-state index in [1.807, 2.05) is 36.4 Å². The summed E-state index contributed by atoms with van der Waals surface area (Å²) in [4.78, 5) is 8.14. The van der Waals surface area contributed by atoms with Gasteiger partial charge in [0.2, 0.25) is 5.71 Å². The molecule has 0 bridgehead atoms. The number of benzene rings is 1. The van der Waals surface area contributed by atoms with Crippen molar-refractivity contribution in [1.29, 1.82) is 0 Å². The monoisotopic (exact) mass is 274 g/mol. The third kappa shape index (κ3) is 1.51. The van der Waals surface area contributed by atoms with Gasteiger partial charge in [0.1, 0.15) is 16.7 Å². The molecule has 0 aliphatic carbocycles. The van der Waals surface area contributed by atoms with E-state index in [2.05, 4.69) is 25.9 Å². The number of furan rings is 1. The van der Waals surface area contributed by atoms with Gasteiger partial charge in [-0.1, -0.05) is 30.3 Å². The summed E-state index contributed by atoms with van der Waals surface area (Å²) >= 11 is 3.37. The highest BCUT2D eigenvalue weighted by molar-refractivity contribution is 9.10. The molecule has 78 valence electrons. The molecule has 2 aromatic heterocycles. The molecule has 0 amide bonds. The Kier molecular flexibility index (Phi) is 2.22. The van der Waals surface area contributed by atoms with Crippen molar-refractivity contribution in [3.8, 4) is 11.3 Å². The minimum absolute atomic E-state index is 0.598. The van der Waals surface area contributed by atoms with Gasteiger partial charge in [0.25, 0.3) is 0 Å². The summed E-state index contributed by atoms with van der Waals surface area (Å²) in [7, 11) is 0.